The first-order valence-corrected chi connectivity index (χ1v) is 10.3. The normalized spacial score (nSPS) is 16.7. The maximum absolute atomic E-state index is 4.74. The smallest absolute Gasteiger partial charge is 0.150 e. The van der Waals surface area contributed by atoms with Gasteiger partial charge in [-0.05, 0) is 65.8 Å². The maximum Gasteiger partial charge on any atom is 0.150 e. The third-order valence-corrected chi connectivity index (χ3v) is 5.42. The summed E-state index contributed by atoms with van der Waals surface area (Å²) in [5, 5.41) is 0. The van der Waals surface area contributed by atoms with Crippen LogP contribution in [-0.2, 0) is 6.54 Å². The number of rotatable bonds is 5. The van der Waals surface area contributed by atoms with Crippen molar-refractivity contribution in [1.82, 2.24) is 0 Å². The highest BCUT2D eigenvalue weighted by Gasteiger charge is 2.13. The van der Waals surface area contributed by atoms with Crippen molar-refractivity contribution in [3.63, 3.8) is 0 Å². The Morgan fingerprint density at radius 1 is 0.862 bits per heavy atom. The molecule has 2 heteroatoms. The lowest BCUT2D eigenvalue weighted by Gasteiger charge is -2.17. The van der Waals surface area contributed by atoms with E-state index in [9.17, 15) is 0 Å². The van der Waals surface area contributed by atoms with Gasteiger partial charge in [0.2, 0.25) is 0 Å². The van der Waals surface area contributed by atoms with Gasteiger partial charge in [0.15, 0.2) is 0 Å². The lowest BCUT2D eigenvalue weighted by molar-refractivity contribution is 0.927. The largest absolute Gasteiger partial charge is 0.262 e. The van der Waals surface area contributed by atoms with E-state index in [1.807, 2.05) is 6.07 Å². The molecule has 0 bridgehead atoms. The molecule has 0 unspecified atom stereocenters. The number of hydrogen-bond donors (Lipinski definition) is 0. The van der Waals surface area contributed by atoms with Crippen LogP contribution in [0.4, 0.5) is 0 Å². The Morgan fingerprint density at radius 2 is 1.66 bits per heavy atom. The van der Waals surface area contributed by atoms with Crippen molar-refractivity contribution >= 4 is 12.6 Å². The van der Waals surface area contributed by atoms with Gasteiger partial charge < -0.3 is 0 Å². The Balaban J connectivity index is 1.45. The fraction of sp³-hybridized carbons (Fsp3) is 0.185. The Morgan fingerprint density at radius 3 is 2.31 bits per heavy atom. The summed E-state index contributed by atoms with van der Waals surface area (Å²) in [6.45, 7) is 4.36. The summed E-state index contributed by atoms with van der Waals surface area (Å²) < 4.78 is 0. The lowest BCUT2D eigenvalue weighted by Crippen LogP contribution is -2.05. The van der Waals surface area contributed by atoms with E-state index in [0.717, 1.165) is 31.5 Å². The van der Waals surface area contributed by atoms with Gasteiger partial charge >= 0.3 is 0 Å². The van der Waals surface area contributed by atoms with Crippen LogP contribution in [-0.4, -0.2) is 12.6 Å². The second kappa shape index (κ2) is 9.29. The molecule has 0 aromatic heterocycles. The van der Waals surface area contributed by atoms with Crippen LogP contribution in [0.2, 0.25) is 0 Å². The average Bonchev–Trinajstić information content (AvgIpc) is 2.81. The van der Waals surface area contributed by atoms with E-state index >= 15 is 0 Å². The summed E-state index contributed by atoms with van der Waals surface area (Å²) in [7, 11) is 0. The maximum atomic E-state index is 4.74. The van der Waals surface area contributed by atoms with Crippen molar-refractivity contribution in [3.05, 3.63) is 107 Å². The molecule has 144 valence electrons. The topological polar surface area (TPSA) is 24.7 Å². The summed E-state index contributed by atoms with van der Waals surface area (Å²) in [5.41, 5.74) is 7.58. The zero-order valence-corrected chi connectivity index (χ0v) is 16.7. The van der Waals surface area contributed by atoms with Gasteiger partial charge in [-0.3, -0.25) is 4.99 Å². The highest BCUT2D eigenvalue weighted by atomic mass is 14.9. The van der Waals surface area contributed by atoms with Crippen LogP contribution in [0.15, 0.2) is 112 Å². The van der Waals surface area contributed by atoms with Gasteiger partial charge in [0.05, 0.1) is 6.54 Å². The van der Waals surface area contributed by atoms with E-state index in [2.05, 4.69) is 90.6 Å². The fourth-order valence-corrected chi connectivity index (χ4v) is 3.77. The zero-order chi connectivity index (χ0) is 19.9. The first-order chi connectivity index (χ1) is 14.3. The SMILES string of the molecule is C=NC(=NCc1ccc(-c2ccccc2)cc1)C1=CC=C(C2=CCCC=C2)CC1. The van der Waals surface area contributed by atoms with Crippen LogP contribution in [0.25, 0.3) is 11.1 Å². The van der Waals surface area contributed by atoms with E-state index in [1.165, 1.54) is 33.4 Å². The van der Waals surface area contributed by atoms with Crippen LogP contribution in [0.1, 0.15) is 31.2 Å². The molecule has 0 radical (unpaired) electrons. The molecule has 0 spiro atoms. The van der Waals surface area contributed by atoms with Crippen LogP contribution >= 0.6 is 0 Å². The predicted octanol–water partition coefficient (Wildman–Crippen LogP) is 6.88. The first kappa shape index (κ1) is 19.1. The van der Waals surface area contributed by atoms with Crippen molar-refractivity contribution in [2.24, 2.45) is 9.98 Å². The molecule has 2 nitrogen and oxygen atoms in total. The molecule has 0 atom stereocenters. The van der Waals surface area contributed by atoms with Crippen LogP contribution in [0, 0.1) is 0 Å². The summed E-state index contributed by atoms with van der Waals surface area (Å²) >= 11 is 0. The van der Waals surface area contributed by atoms with Crippen molar-refractivity contribution in [3.8, 4) is 11.1 Å². The molecule has 2 aromatic carbocycles. The first-order valence-electron chi connectivity index (χ1n) is 10.3. The third kappa shape index (κ3) is 4.78. The Labute approximate surface area is 173 Å². The fourth-order valence-electron chi connectivity index (χ4n) is 3.77. The molecule has 29 heavy (non-hydrogen) atoms. The van der Waals surface area contributed by atoms with Crippen LogP contribution in [0.5, 0.6) is 0 Å². The second-order valence-corrected chi connectivity index (χ2v) is 7.38. The number of nitrogens with zero attached hydrogens (tertiary/aromatic N) is 2. The van der Waals surface area contributed by atoms with Crippen molar-refractivity contribution in [2.45, 2.75) is 32.2 Å². The van der Waals surface area contributed by atoms with E-state index in [0.29, 0.717) is 6.54 Å². The molecule has 0 N–H and O–H groups in total. The van der Waals surface area contributed by atoms with Gasteiger partial charge in [-0.2, -0.15) is 0 Å². The van der Waals surface area contributed by atoms with E-state index in [4.69, 9.17) is 4.99 Å². The highest BCUT2D eigenvalue weighted by Crippen LogP contribution is 2.28. The molecule has 0 saturated carbocycles. The van der Waals surface area contributed by atoms with Gasteiger partial charge in [-0.1, -0.05) is 85.0 Å². The minimum atomic E-state index is 0.616. The standard InChI is InChI=1S/C27H26N2/c1-28-27(26-18-16-25(17-19-26)23-10-6-3-7-11-23)29-20-21-12-14-24(15-13-21)22-8-4-2-5-9-22/h2,4-6,8-16,18H,1,3,7,17,19-20H2. The van der Waals surface area contributed by atoms with Gasteiger partial charge in [-0.25, -0.2) is 4.99 Å². The summed E-state index contributed by atoms with van der Waals surface area (Å²) in [4.78, 5) is 8.94. The van der Waals surface area contributed by atoms with Crippen molar-refractivity contribution < 1.29 is 0 Å². The van der Waals surface area contributed by atoms with Crippen molar-refractivity contribution in [1.29, 1.82) is 0 Å². The molecule has 0 aliphatic heterocycles. The number of amidine groups is 1. The molecule has 2 aromatic rings. The number of benzene rings is 2. The number of hydrogen-bond acceptors (Lipinski definition) is 1. The highest BCUT2D eigenvalue weighted by molar-refractivity contribution is 6.01. The van der Waals surface area contributed by atoms with Crippen LogP contribution < -0.4 is 0 Å². The third-order valence-electron chi connectivity index (χ3n) is 5.42. The van der Waals surface area contributed by atoms with E-state index < -0.39 is 0 Å². The molecule has 0 fully saturated rings. The molecular weight excluding hydrogens is 352 g/mol. The molecule has 2 aliphatic carbocycles. The Kier molecular flexibility index (Phi) is 6.11. The molecule has 0 heterocycles. The number of aliphatic imine (C=N–C) groups is 2. The monoisotopic (exact) mass is 378 g/mol. The molecular formula is C27H26N2. The Hall–Kier alpha value is -3.26. The molecule has 2 aliphatic rings. The molecule has 0 amide bonds. The Bertz CT molecular complexity index is 1020. The van der Waals surface area contributed by atoms with Gasteiger partial charge in [0.1, 0.15) is 5.84 Å². The summed E-state index contributed by atoms with van der Waals surface area (Å²) in [6.07, 6.45) is 15.5. The quantitative estimate of drug-likeness (QED) is 0.400. The van der Waals surface area contributed by atoms with Gasteiger partial charge in [0, 0.05) is 0 Å². The van der Waals surface area contributed by atoms with Gasteiger partial charge in [0.25, 0.3) is 0 Å². The second-order valence-electron chi connectivity index (χ2n) is 7.38. The molecule has 0 saturated heterocycles. The van der Waals surface area contributed by atoms with Crippen LogP contribution in [0.3, 0.4) is 0 Å². The van der Waals surface area contributed by atoms with Crippen molar-refractivity contribution in [2.75, 3.05) is 0 Å². The summed E-state index contributed by atoms with van der Waals surface area (Å²) in [6, 6.07) is 19.0. The minimum Gasteiger partial charge on any atom is -0.262 e. The minimum absolute atomic E-state index is 0.616. The lowest BCUT2D eigenvalue weighted by atomic mass is 9.90. The summed E-state index contributed by atoms with van der Waals surface area (Å²) in [5.74, 6) is 0.764. The zero-order valence-electron chi connectivity index (χ0n) is 16.7. The van der Waals surface area contributed by atoms with Gasteiger partial charge in [-0.15, -0.1) is 0 Å². The van der Waals surface area contributed by atoms with E-state index in [1.54, 1.807) is 0 Å². The number of allylic oxidation sites excluding steroid dienone is 7. The average molecular weight is 379 g/mol. The molecule has 4 rings (SSSR count). The predicted molar refractivity (Wildman–Crippen MR) is 124 cm³/mol. The van der Waals surface area contributed by atoms with E-state index in [-0.39, 0.29) is 0 Å².